The molecule has 0 heterocycles. The molecule has 0 aliphatic heterocycles. The van der Waals surface area contributed by atoms with Crippen molar-refractivity contribution in [1.29, 1.82) is 0 Å². The van der Waals surface area contributed by atoms with E-state index in [1.807, 2.05) is 4.72 Å². The lowest BCUT2D eigenvalue weighted by Gasteiger charge is -2.10. The van der Waals surface area contributed by atoms with Crippen LogP contribution in [0.2, 0.25) is 0 Å². The number of rotatable bonds is 5. The Kier molecular flexibility index (Phi) is 4.62. The third-order valence-electron chi connectivity index (χ3n) is 2.44. The molecule has 104 valence electrons. The molecule has 0 aromatic heterocycles. The zero-order valence-corrected chi connectivity index (χ0v) is 11.2. The number of hydrogen-bond acceptors (Lipinski definition) is 5. The van der Waals surface area contributed by atoms with Crippen molar-refractivity contribution in [3.63, 3.8) is 0 Å². The molecule has 0 saturated carbocycles. The molecule has 1 aromatic rings. The van der Waals surface area contributed by atoms with E-state index in [1.54, 1.807) is 0 Å². The Morgan fingerprint density at radius 1 is 1.37 bits per heavy atom. The Morgan fingerprint density at radius 2 is 2.00 bits per heavy atom. The van der Waals surface area contributed by atoms with E-state index in [2.05, 4.69) is 4.74 Å². The Balaban J connectivity index is 3.12. The molecule has 0 spiro atoms. The van der Waals surface area contributed by atoms with Crippen LogP contribution in [0.5, 0.6) is 0 Å². The van der Waals surface area contributed by atoms with Crippen molar-refractivity contribution in [3.8, 4) is 0 Å². The highest BCUT2D eigenvalue weighted by atomic mass is 32.2. The normalized spacial score (nSPS) is 11.1. The van der Waals surface area contributed by atoms with Crippen molar-refractivity contribution in [3.05, 3.63) is 29.3 Å². The van der Waals surface area contributed by atoms with E-state index in [4.69, 9.17) is 5.11 Å². The predicted molar refractivity (Wildman–Crippen MR) is 65.3 cm³/mol. The van der Waals surface area contributed by atoms with Crippen LogP contribution in [0.15, 0.2) is 23.1 Å². The van der Waals surface area contributed by atoms with Gasteiger partial charge in [-0.1, -0.05) is 6.07 Å². The number of carbonyl (C=O) groups is 2. The number of hydrogen-bond donors (Lipinski definition) is 2. The monoisotopic (exact) mass is 287 g/mol. The minimum absolute atomic E-state index is 0.104. The minimum Gasteiger partial charge on any atom is -0.478 e. The number of benzene rings is 1. The van der Waals surface area contributed by atoms with Gasteiger partial charge in [-0.3, -0.25) is 4.79 Å². The first-order valence-electron chi connectivity index (χ1n) is 5.19. The lowest BCUT2D eigenvalue weighted by molar-refractivity contribution is -0.139. The van der Waals surface area contributed by atoms with Crippen molar-refractivity contribution in [2.24, 2.45) is 0 Å². The second-order valence-corrected chi connectivity index (χ2v) is 5.37. The molecule has 7 nitrogen and oxygen atoms in total. The third-order valence-corrected chi connectivity index (χ3v) is 3.98. The first-order chi connectivity index (χ1) is 8.79. The van der Waals surface area contributed by atoms with E-state index in [9.17, 15) is 18.0 Å². The van der Waals surface area contributed by atoms with Gasteiger partial charge in [-0.15, -0.1) is 0 Å². The number of esters is 1. The topological polar surface area (TPSA) is 110 Å². The van der Waals surface area contributed by atoms with Crippen LogP contribution in [0.4, 0.5) is 0 Å². The molecule has 1 aromatic carbocycles. The lowest BCUT2D eigenvalue weighted by atomic mass is 10.1. The summed E-state index contributed by atoms with van der Waals surface area (Å²) in [5.74, 6) is -1.96. The van der Waals surface area contributed by atoms with E-state index in [0.717, 1.165) is 7.11 Å². The van der Waals surface area contributed by atoms with Gasteiger partial charge < -0.3 is 9.84 Å². The number of nitrogens with one attached hydrogen (secondary N) is 1. The quantitative estimate of drug-likeness (QED) is 0.746. The molecule has 0 fully saturated rings. The zero-order chi connectivity index (χ0) is 14.6. The number of sulfonamides is 1. The average Bonchev–Trinajstić information content (AvgIpc) is 2.35. The van der Waals surface area contributed by atoms with Gasteiger partial charge in [-0.2, -0.15) is 4.72 Å². The van der Waals surface area contributed by atoms with Crippen LogP contribution in [0.3, 0.4) is 0 Å². The van der Waals surface area contributed by atoms with Gasteiger partial charge in [-0.25, -0.2) is 13.2 Å². The number of carboxylic acid groups (broad SMARTS) is 1. The van der Waals surface area contributed by atoms with E-state index >= 15 is 0 Å². The summed E-state index contributed by atoms with van der Waals surface area (Å²) in [6.45, 7) is 0.867. The summed E-state index contributed by atoms with van der Waals surface area (Å²) < 4.78 is 30.2. The summed E-state index contributed by atoms with van der Waals surface area (Å²) in [4.78, 5) is 21.6. The van der Waals surface area contributed by atoms with Gasteiger partial charge in [0.2, 0.25) is 10.0 Å². The molecule has 0 saturated heterocycles. The molecule has 2 N–H and O–H groups in total. The zero-order valence-electron chi connectivity index (χ0n) is 10.3. The first-order valence-corrected chi connectivity index (χ1v) is 6.67. The van der Waals surface area contributed by atoms with Crippen molar-refractivity contribution >= 4 is 22.0 Å². The Labute approximate surface area is 110 Å². The molecule has 0 amide bonds. The molecule has 0 aliphatic carbocycles. The third kappa shape index (κ3) is 3.52. The second-order valence-electron chi connectivity index (χ2n) is 3.63. The van der Waals surface area contributed by atoms with E-state index in [1.165, 1.54) is 25.1 Å². The number of carboxylic acids is 1. The fourth-order valence-electron chi connectivity index (χ4n) is 1.44. The molecule has 0 atom stereocenters. The van der Waals surface area contributed by atoms with Crippen molar-refractivity contribution in [2.45, 2.75) is 11.8 Å². The molecule has 8 heteroatoms. The summed E-state index contributed by atoms with van der Waals surface area (Å²) in [5.41, 5.74) is -0.00620. The largest absolute Gasteiger partial charge is 0.478 e. The molecule has 0 aliphatic rings. The van der Waals surface area contributed by atoms with E-state index < -0.39 is 28.5 Å². The summed E-state index contributed by atoms with van der Waals surface area (Å²) in [5, 5.41) is 8.92. The van der Waals surface area contributed by atoms with Crippen LogP contribution < -0.4 is 4.72 Å². The molecular weight excluding hydrogens is 274 g/mol. The molecule has 19 heavy (non-hydrogen) atoms. The van der Waals surface area contributed by atoms with Crippen LogP contribution in [-0.4, -0.2) is 39.1 Å². The van der Waals surface area contributed by atoms with Gasteiger partial charge in [0.25, 0.3) is 0 Å². The standard InChI is InChI=1S/C11H13NO6S/c1-7-8(11(14)15)4-3-5-9(7)19(16,17)12-6-10(13)18-2/h3-5,12H,6H2,1-2H3,(H,14,15). The van der Waals surface area contributed by atoms with Gasteiger partial charge >= 0.3 is 11.9 Å². The maximum Gasteiger partial charge on any atom is 0.335 e. The highest BCUT2D eigenvalue weighted by Gasteiger charge is 2.21. The molecular formula is C11H13NO6S. The van der Waals surface area contributed by atoms with Crippen molar-refractivity contribution < 1.29 is 27.9 Å². The second kappa shape index (κ2) is 5.81. The highest BCUT2D eigenvalue weighted by Crippen LogP contribution is 2.18. The predicted octanol–water partition coefficient (Wildman–Crippen LogP) is 0.145. The summed E-state index contributed by atoms with van der Waals surface area (Å²) >= 11 is 0. The lowest BCUT2D eigenvalue weighted by Crippen LogP contribution is -2.31. The number of aromatic carboxylic acids is 1. The molecule has 0 unspecified atom stereocenters. The summed E-state index contributed by atoms with van der Waals surface area (Å²) in [6.07, 6.45) is 0. The molecule has 1 rings (SSSR count). The maximum absolute atomic E-state index is 11.9. The fourth-order valence-corrected chi connectivity index (χ4v) is 2.68. The SMILES string of the molecule is COC(=O)CNS(=O)(=O)c1cccc(C(=O)O)c1C. The van der Waals surface area contributed by atoms with E-state index in [-0.39, 0.29) is 16.0 Å². The highest BCUT2D eigenvalue weighted by molar-refractivity contribution is 7.89. The average molecular weight is 287 g/mol. The molecule has 0 bridgehead atoms. The Morgan fingerprint density at radius 3 is 2.53 bits per heavy atom. The van der Waals surface area contributed by atoms with Crippen molar-refractivity contribution in [1.82, 2.24) is 4.72 Å². The van der Waals surface area contributed by atoms with E-state index in [0.29, 0.717) is 0 Å². The number of methoxy groups -OCH3 is 1. The van der Waals surface area contributed by atoms with Crippen LogP contribution >= 0.6 is 0 Å². The smallest absolute Gasteiger partial charge is 0.335 e. The fraction of sp³-hybridized carbons (Fsp3) is 0.273. The number of ether oxygens (including phenoxy) is 1. The van der Waals surface area contributed by atoms with Gasteiger partial charge in [0, 0.05) is 0 Å². The van der Waals surface area contributed by atoms with Crippen molar-refractivity contribution in [2.75, 3.05) is 13.7 Å². The first kappa shape index (κ1) is 15.1. The van der Waals surface area contributed by atoms with Gasteiger partial charge in [0.15, 0.2) is 0 Å². The van der Waals surface area contributed by atoms with Crippen LogP contribution in [0, 0.1) is 6.92 Å². The van der Waals surface area contributed by atoms with Crippen LogP contribution in [0.1, 0.15) is 15.9 Å². The Bertz CT molecular complexity index is 608. The summed E-state index contributed by atoms with van der Waals surface area (Å²) in [7, 11) is -2.83. The molecule has 0 radical (unpaired) electrons. The minimum atomic E-state index is -3.97. The summed E-state index contributed by atoms with van der Waals surface area (Å²) in [6, 6.07) is 3.89. The van der Waals surface area contributed by atoms with Gasteiger partial charge in [0.05, 0.1) is 17.6 Å². The van der Waals surface area contributed by atoms with Gasteiger partial charge in [0.1, 0.15) is 6.54 Å². The maximum atomic E-state index is 11.9. The van der Waals surface area contributed by atoms with Crippen LogP contribution in [-0.2, 0) is 19.6 Å². The Hall–Kier alpha value is -1.93. The number of carbonyl (C=O) groups excluding carboxylic acids is 1. The van der Waals surface area contributed by atoms with Gasteiger partial charge in [-0.05, 0) is 24.6 Å². The van der Waals surface area contributed by atoms with Crippen LogP contribution in [0.25, 0.3) is 0 Å².